The second kappa shape index (κ2) is 10.9. The number of para-hydroxylation sites is 1. The van der Waals surface area contributed by atoms with Crippen molar-refractivity contribution in [2.45, 2.75) is 18.9 Å². The summed E-state index contributed by atoms with van der Waals surface area (Å²) in [5.74, 6) is -0.298. The largest absolute Gasteiger partial charge is 0.394 e. The highest BCUT2D eigenvalue weighted by Crippen LogP contribution is 2.37. The Labute approximate surface area is 210 Å². The molecule has 1 unspecified atom stereocenters. The van der Waals surface area contributed by atoms with Crippen LogP contribution in [0.15, 0.2) is 67.0 Å². The normalized spacial score (nSPS) is 15.2. The number of aromatic nitrogens is 3. The maximum absolute atomic E-state index is 14.4. The summed E-state index contributed by atoms with van der Waals surface area (Å²) in [6.45, 7) is 0.662. The highest BCUT2D eigenvalue weighted by Gasteiger charge is 2.30. The molecule has 5 rings (SSSR count). The molecule has 3 heterocycles. The molecule has 1 aliphatic heterocycles. The van der Waals surface area contributed by atoms with Gasteiger partial charge in [0.05, 0.1) is 12.2 Å². The number of rotatable bonds is 4. The fraction of sp³-hybridized carbons (Fsp3) is 0.174. The SMILES string of the molecule is O=C(Nc1ccccc1)Nc1cnn2ccc(N3CCCC3c3cc(F)ccc3F)nc12.O=S(=O)(O)O. The maximum Gasteiger partial charge on any atom is 0.394 e. The smallest absolute Gasteiger partial charge is 0.349 e. The molecular weight excluding hydrogens is 510 g/mol. The Morgan fingerprint density at radius 2 is 1.78 bits per heavy atom. The predicted molar refractivity (Wildman–Crippen MR) is 132 cm³/mol. The van der Waals surface area contributed by atoms with Gasteiger partial charge in [-0.2, -0.15) is 13.5 Å². The van der Waals surface area contributed by atoms with E-state index < -0.39 is 28.1 Å². The molecule has 4 N–H and O–H groups in total. The number of urea groups is 1. The van der Waals surface area contributed by atoms with E-state index in [1.807, 2.05) is 23.1 Å². The van der Waals surface area contributed by atoms with Crippen LogP contribution < -0.4 is 15.5 Å². The van der Waals surface area contributed by atoms with Crippen molar-refractivity contribution in [1.29, 1.82) is 0 Å². The zero-order valence-electron chi connectivity index (χ0n) is 19.1. The van der Waals surface area contributed by atoms with Crippen LogP contribution >= 0.6 is 0 Å². The average Bonchev–Trinajstić information content (AvgIpc) is 3.47. The van der Waals surface area contributed by atoms with Gasteiger partial charge in [-0.1, -0.05) is 18.2 Å². The molecule has 0 spiro atoms. The van der Waals surface area contributed by atoms with Gasteiger partial charge in [-0.3, -0.25) is 9.11 Å². The van der Waals surface area contributed by atoms with Crippen LogP contribution in [0.3, 0.4) is 0 Å². The number of nitrogens with one attached hydrogen (secondary N) is 2. The Morgan fingerprint density at radius 1 is 1.05 bits per heavy atom. The standard InChI is InChI=1S/C23H20F2N6O.H2O4S/c24-15-8-9-18(25)17(13-15)20-7-4-11-30(20)21-10-12-31-22(29-21)19(14-26-31)28-23(32)27-16-5-2-1-3-6-16;1-5(2,3)4/h1-3,5-6,8-10,12-14,20H,4,7,11H2,(H2,27,28,32);(H2,1,2,3,4). The monoisotopic (exact) mass is 532 g/mol. The number of carbonyl (C=O) groups excluding carboxylic acids is 1. The molecule has 2 aromatic carbocycles. The third-order valence-electron chi connectivity index (χ3n) is 5.50. The zero-order valence-corrected chi connectivity index (χ0v) is 19.9. The van der Waals surface area contributed by atoms with Crippen LogP contribution in [0.2, 0.25) is 0 Å². The minimum absolute atomic E-state index is 0.318. The summed E-state index contributed by atoms with van der Waals surface area (Å²) in [5, 5.41) is 9.75. The van der Waals surface area contributed by atoms with Crippen LogP contribution in [0.4, 0.5) is 30.8 Å². The van der Waals surface area contributed by atoms with Crippen molar-refractivity contribution in [2.75, 3.05) is 22.1 Å². The number of benzene rings is 2. The van der Waals surface area contributed by atoms with E-state index in [2.05, 4.69) is 20.7 Å². The van der Waals surface area contributed by atoms with Crippen LogP contribution in [0.1, 0.15) is 24.4 Å². The second-order valence-electron chi connectivity index (χ2n) is 8.02. The minimum Gasteiger partial charge on any atom is -0.349 e. The third kappa shape index (κ3) is 6.75. The van der Waals surface area contributed by atoms with Crippen molar-refractivity contribution in [3.63, 3.8) is 0 Å². The summed E-state index contributed by atoms with van der Waals surface area (Å²) in [5.41, 5.74) is 1.87. The highest BCUT2D eigenvalue weighted by atomic mass is 32.3. The molecule has 0 aliphatic carbocycles. The number of fused-ring (bicyclic) bond motifs is 1. The molecule has 194 valence electrons. The van der Waals surface area contributed by atoms with E-state index in [-0.39, 0.29) is 6.04 Å². The molecule has 0 bridgehead atoms. The molecule has 0 saturated carbocycles. The number of nitrogens with zero attached hydrogens (tertiary/aromatic N) is 4. The lowest BCUT2D eigenvalue weighted by Gasteiger charge is -2.26. The number of carbonyl (C=O) groups is 1. The first-order chi connectivity index (χ1) is 17.6. The maximum atomic E-state index is 14.4. The van der Waals surface area contributed by atoms with E-state index in [4.69, 9.17) is 17.5 Å². The van der Waals surface area contributed by atoms with Crippen LogP contribution in [-0.4, -0.2) is 44.7 Å². The van der Waals surface area contributed by atoms with Crippen molar-refractivity contribution in [3.05, 3.63) is 84.2 Å². The summed E-state index contributed by atoms with van der Waals surface area (Å²) in [4.78, 5) is 19.0. The summed E-state index contributed by atoms with van der Waals surface area (Å²) >= 11 is 0. The van der Waals surface area contributed by atoms with Crippen molar-refractivity contribution in [3.8, 4) is 0 Å². The minimum atomic E-state index is -4.67. The van der Waals surface area contributed by atoms with E-state index in [9.17, 15) is 13.6 Å². The molecule has 37 heavy (non-hydrogen) atoms. The molecule has 4 aromatic rings. The Morgan fingerprint density at radius 3 is 2.51 bits per heavy atom. The van der Waals surface area contributed by atoms with Gasteiger partial charge < -0.3 is 15.5 Å². The molecular formula is C23H22F2N6O5S. The van der Waals surface area contributed by atoms with Crippen LogP contribution in [-0.2, 0) is 10.4 Å². The lowest BCUT2D eigenvalue weighted by atomic mass is 10.0. The molecule has 14 heteroatoms. The molecule has 2 aromatic heterocycles. The first-order valence-electron chi connectivity index (χ1n) is 11.0. The molecule has 2 amide bonds. The van der Waals surface area contributed by atoms with Gasteiger partial charge in [0.2, 0.25) is 0 Å². The number of hydrogen-bond acceptors (Lipinski definition) is 6. The van der Waals surface area contributed by atoms with E-state index >= 15 is 0 Å². The number of hydrogen-bond donors (Lipinski definition) is 4. The van der Waals surface area contributed by atoms with Crippen molar-refractivity contribution >= 4 is 39.3 Å². The Balaban J connectivity index is 0.000000586. The van der Waals surface area contributed by atoms with Gasteiger partial charge in [0, 0.05) is 24.0 Å². The second-order valence-corrected chi connectivity index (χ2v) is 8.92. The van der Waals surface area contributed by atoms with E-state index in [0.29, 0.717) is 41.4 Å². The van der Waals surface area contributed by atoms with Crippen molar-refractivity contribution in [2.24, 2.45) is 0 Å². The Kier molecular flexibility index (Phi) is 7.61. The van der Waals surface area contributed by atoms with E-state index in [0.717, 1.165) is 18.6 Å². The summed E-state index contributed by atoms with van der Waals surface area (Å²) in [7, 11) is -4.67. The van der Waals surface area contributed by atoms with Gasteiger partial charge in [-0.15, -0.1) is 0 Å². The van der Waals surface area contributed by atoms with Crippen molar-refractivity contribution < 1.29 is 31.1 Å². The van der Waals surface area contributed by atoms with Crippen LogP contribution in [0.5, 0.6) is 0 Å². The van der Waals surface area contributed by atoms with Crippen LogP contribution in [0.25, 0.3) is 5.65 Å². The van der Waals surface area contributed by atoms with E-state index in [1.165, 1.54) is 12.3 Å². The van der Waals surface area contributed by atoms with Gasteiger partial charge in [-0.25, -0.2) is 23.1 Å². The number of halogens is 2. The molecule has 1 fully saturated rings. The first kappa shape index (κ1) is 25.9. The third-order valence-corrected chi connectivity index (χ3v) is 5.50. The number of anilines is 3. The lowest BCUT2D eigenvalue weighted by molar-refractivity contribution is 0.262. The summed E-state index contributed by atoms with van der Waals surface area (Å²) < 4.78 is 61.3. The fourth-order valence-corrected chi connectivity index (χ4v) is 4.05. The van der Waals surface area contributed by atoms with Crippen LogP contribution in [0, 0.1) is 11.6 Å². The van der Waals surface area contributed by atoms with Gasteiger partial charge >= 0.3 is 16.4 Å². The number of amides is 2. The highest BCUT2D eigenvalue weighted by molar-refractivity contribution is 7.79. The lowest BCUT2D eigenvalue weighted by Crippen LogP contribution is -2.25. The molecule has 1 atom stereocenters. The molecule has 11 nitrogen and oxygen atoms in total. The molecule has 0 radical (unpaired) electrons. The van der Waals surface area contributed by atoms with Crippen molar-refractivity contribution in [1.82, 2.24) is 14.6 Å². The molecule has 1 saturated heterocycles. The fourth-order valence-electron chi connectivity index (χ4n) is 4.05. The quantitative estimate of drug-likeness (QED) is 0.284. The van der Waals surface area contributed by atoms with Gasteiger partial charge in [0.15, 0.2) is 5.65 Å². The molecule has 1 aliphatic rings. The van der Waals surface area contributed by atoms with Gasteiger partial charge in [0.25, 0.3) is 0 Å². The Hall–Kier alpha value is -4.14. The topological polar surface area (TPSA) is 149 Å². The first-order valence-corrected chi connectivity index (χ1v) is 12.4. The van der Waals surface area contributed by atoms with Gasteiger partial charge in [-0.05, 0) is 49.2 Å². The average molecular weight is 533 g/mol. The summed E-state index contributed by atoms with van der Waals surface area (Å²) in [6.07, 6.45) is 4.77. The predicted octanol–water partition coefficient (Wildman–Crippen LogP) is 4.34. The van der Waals surface area contributed by atoms with E-state index in [1.54, 1.807) is 28.9 Å². The summed E-state index contributed by atoms with van der Waals surface area (Å²) in [6, 6.07) is 13.6. The van der Waals surface area contributed by atoms with Gasteiger partial charge in [0.1, 0.15) is 23.1 Å². The Bertz CT molecular complexity index is 1510. The zero-order chi connectivity index (χ0) is 26.6.